The standard InChI is InChI=1S/C11H18O4/c1-4-8(3)11(14)15-7-10(13)6-9(12)5-2/h5,8,10,13H,2,4,6-7H2,1,3H3. The molecule has 0 saturated heterocycles. The first-order valence-electron chi connectivity index (χ1n) is 5.01. The molecule has 2 atom stereocenters. The average molecular weight is 214 g/mol. The highest BCUT2D eigenvalue weighted by Gasteiger charge is 2.15. The summed E-state index contributed by atoms with van der Waals surface area (Å²) in [5.41, 5.74) is 0. The van der Waals surface area contributed by atoms with Crippen LogP contribution in [0.3, 0.4) is 0 Å². The van der Waals surface area contributed by atoms with Crippen LogP contribution in [0.25, 0.3) is 0 Å². The summed E-state index contributed by atoms with van der Waals surface area (Å²) in [6.45, 7) is 6.78. The fraction of sp³-hybridized carbons (Fsp3) is 0.636. The van der Waals surface area contributed by atoms with Crippen LogP contribution in [0.2, 0.25) is 0 Å². The molecule has 1 N–H and O–H groups in total. The minimum absolute atomic E-state index is 0.0582. The van der Waals surface area contributed by atoms with Crippen LogP contribution in [0.1, 0.15) is 26.7 Å². The number of carbonyl (C=O) groups is 2. The molecule has 4 heteroatoms. The van der Waals surface area contributed by atoms with Gasteiger partial charge in [0, 0.05) is 6.42 Å². The Hall–Kier alpha value is -1.16. The van der Waals surface area contributed by atoms with Gasteiger partial charge < -0.3 is 9.84 Å². The number of ketones is 1. The van der Waals surface area contributed by atoms with Gasteiger partial charge in [-0.15, -0.1) is 0 Å². The number of ether oxygens (including phenoxy) is 1. The predicted octanol–water partition coefficient (Wildman–Crippen LogP) is 1.08. The highest BCUT2D eigenvalue weighted by molar-refractivity contribution is 5.89. The van der Waals surface area contributed by atoms with E-state index in [-0.39, 0.29) is 30.7 Å². The molecule has 0 amide bonds. The van der Waals surface area contributed by atoms with Crippen molar-refractivity contribution in [3.05, 3.63) is 12.7 Å². The molecule has 0 fully saturated rings. The van der Waals surface area contributed by atoms with E-state index < -0.39 is 6.10 Å². The van der Waals surface area contributed by atoms with Gasteiger partial charge in [0.2, 0.25) is 0 Å². The SMILES string of the molecule is C=CC(=O)CC(O)COC(=O)C(C)CC. The smallest absolute Gasteiger partial charge is 0.308 e. The third-order valence-electron chi connectivity index (χ3n) is 2.10. The molecule has 15 heavy (non-hydrogen) atoms. The lowest BCUT2D eigenvalue weighted by molar-refractivity contribution is -0.151. The van der Waals surface area contributed by atoms with Gasteiger partial charge in [-0.1, -0.05) is 20.4 Å². The van der Waals surface area contributed by atoms with Crippen molar-refractivity contribution in [1.29, 1.82) is 0 Å². The number of esters is 1. The third kappa shape index (κ3) is 6.01. The summed E-state index contributed by atoms with van der Waals surface area (Å²) in [5.74, 6) is -0.781. The van der Waals surface area contributed by atoms with Gasteiger partial charge in [0.25, 0.3) is 0 Å². The molecule has 86 valence electrons. The number of aliphatic hydroxyl groups is 1. The van der Waals surface area contributed by atoms with Gasteiger partial charge in [-0.05, 0) is 12.5 Å². The van der Waals surface area contributed by atoms with Crippen LogP contribution in [-0.4, -0.2) is 29.6 Å². The van der Waals surface area contributed by atoms with E-state index in [1.807, 2.05) is 6.92 Å². The van der Waals surface area contributed by atoms with E-state index in [4.69, 9.17) is 4.74 Å². The van der Waals surface area contributed by atoms with Gasteiger partial charge in [0.15, 0.2) is 5.78 Å². The van der Waals surface area contributed by atoms with Gasteiger partial charge in [-0.2, -0.15) is 0 Å². The van der Waals surface area contributed by atoms with E-state index in [2.05, 4.69) is 6.58 Å². The van der Waals surface area contributed by atoms with Gasteiger partial charge in [-0.3, -0.25) is 9.59 Å². The molecule has 0 aromatic rings. The first-order valence-corrected chi connectivity index (χ1v) is 5.01. The molecule has 0 aromatic heterocycles. The zero-order valence-corrected chi connectivity index (χ0v) is 9.23. The Morgan fingerprint density at radius 3 is 2.60 bits per heavy atom. The van der Waals surface area contributed by atoms with Crippen LogP contribution in [0.5, 0.6) is 0 Å². The summed E-state index contributed by atoms with van der Waals surface area (Å²) in [5, 5.41) is 9.31. The monoisotopic (exact) mass is 214 g/mol. The first kappa shape index (κ1) is 13.8. The largest absolute Gasteiger partial charge is 0.463 e. The van der Waals surface area contributed by atoms with Crippen LogP contribution in [0.4, 0.5) is 0 Å². The Morgan fingerprint density at radius 2 is 2.13 bits per heavy atom. The topological polar surface area (TPSA) is 63.6 Å². The van der Waals surface area contributed by atoms with E-state index in [0.717, 1.165) is 6.08 Å². The molecule has 0 aliphatic carbocycles. The fourth-order valence-electron chi connectivity index (χ4n) is 0.862. The summed E-state index contributed by atoms with van der Waals surface area (Å²) in [6, 6.07) is 0. The Bertz CT molecular complexity index is 235. The molecule has 0 heterocycles. The molecule has 0 bridgehead atoms. The highest BCUT2D eigenvalue weighted by Crippen LogP contribution is 2.04. The number of rotatable bonds is 7. The lowest BCUT2D eigenvalue weighted by Gasteiger charge is -2.12. The van der Waals surface area contributed by atoms with Crippen molar-refractivity contribution >= 4 is 11.8 Å². The second kappa shape index (κ2) is 7.17. The number of allylic oxidation sites excluding steroid dienone is 1. The summed E-state index contributed by atoms with van der Waals surface area (Å²) in [6.07, 6.45) is 0.834. The van der Waals surface area contributed by atoms with E-state index in [1.165, 1.54) is 0 Å². The van der Waals surface area contributed by atoms with Crippen LogP contribution in [-0.2, 0) is 14.3 Å². The van der Waals surface area contributed by atoms with Crippen molar-refractivity contribution in [3.63, 3.8) is 0 Å². The Kier molecular flexibility index (Phi) is 6.62. The normalized spacial score (nSPS) is 14.1. The maximum atomic E-state index is 11.2. The number of carbonyl (C=O) groups excluding carboxylic acids is 2. The maximum absolute atomic E-state index is 11.2. The molecule has 0 radical (unpaired) electrons. The molecule has 4 nitrogen and oxygen atoms in total. The molecule has 0 spiro atoms. The van der Waals surface area contributed by atoms with Gasteiger partial charge in [0.1, 0.15) is 6.61 Å². The van der Waals surface area contributed by atoms with Gasteiger partial charge in [-0.25, -0.2) is 0 Å². The molecule has 0 aliphatic rings. The Balaban J connectivity index is 3.80. The molecule has 0 aliphatic heterocycles. The number of hydrogen-bond donors (Lipinski definition) is 1. The first-order chi connectivity index (χ1) is 7.01. The maximum Gasteiger partial charge on any atom is 0.308 e. The summed E-state index contributed by atoms with van der Waals surface area (Å²) < 4.78 is 4.83. The van der Waals surface area contributed by atoms with E-state index in [9.17, 15) is 14.7 Å². The van der Waals surface area contributed by atoms with Crippen molar-refractivity contribution in [3.8, 4) is 0 Å². The second-order valence-electron chi connectivity index (χ2n) is 3.47. The van der Waals surface area contributed by atoms with E-state index in [0.29, 0.717) is 6.42 Å². The summed E-state index contributed by atoms with van der Waals surface area (Å²) in [4.78, 5) is 22.0. The predicted molar refractivity (Wildman–Crippen MR) is 56.2 cm³/mol. The molecule has 2 unspecified atom stereocenters. The summed E-state index contributed by atoms with van der Waals surface area (Å²) >= 11 is 0. The van der Waals surface area contributed by atoms with Crippen LogP contribution in [0.15, 0.2) is 12.7 Å². The average Bonchev–Trinajstić information content (AvgIpc) is 2.24. The van der Waals surface area contributed by atoms with Crippen molar-refractivity contribution < 1.29 is 19.4 Å². The lowest BCUT2D eigenvalue weighted by atomic mass is 10.1. The van der Waals surface area contributed by atoms with Crippen LogP contribution >= 0.6 is 0 Å². The van der Waals surface area contributed by atoms with Gasteiger partial charge in [0.05, 0.1) is 12.0 Å². The third-order valence-corrected chi connectivity index (χ3v) is 2.10. The number of hydrogen-bond acceptors (Lipinski definition) is 4. The van der Waals surface area contributed by atoms with Crippen LogP contribution in [0, 0.1) is 5.92 Å². The highest BCUT2D eigenvalue weighted by atomic mass is 16.5. The second-order valence-corrected chi connectivity index (χ2v) is 3.47. The van der Waals surface area contributed by atoms with Gasteiger partial charge >= 0.3 is 5.97 Å². The van der Waals surface area contributed by atoms with Crippen molar-refractivity contribution in [1.82, 2.24) is 0 Å². The fourth-order valence-corrected chi connectivity index (χ4v) is 0.862. The molecule has 0 rings (SSSR count). The van der Waals surface area contributed by atoms with E-state index >= 15 is 0 Å². The van der Waals surface area contributed by atoms with Crippen LogP contribution < -0.4 is 0 Å². The number of aliphatic hydroxyl groups excluding tert-OH is 1. The minimum atomic E-state index is -0.941. The lowest BCUT2D eigenvalue weighted by Crippen LogP contribution is -2.23. The van der Waals surface area contributed by atoms with E-state index in [1.54, 1.807) is 6.92 Å². The zero-order valence-electron chi connectivity index (χ0n) is 9.23. The van der Waals surface area contributed by atoms with Crippen molar-refractivity contribution in [2.45, 2.75) is 32.8 Å². The molecular weight excluding hydrogens is 196 g/mol. The molecule has 0 saturated carbocycles. The minimum Gasteiger partial charge on any atom is -0.463 e. The molecule has 0 aromatic carbocycles. The Labute approximate surface area is 89.9 Å². The zero-order chi connectivity index (χ0) is 11.8. The Morgan fingerprint density at radius 1 is 1.53 bits per heavy atom. The molecular formula is C11H18O4. The summed E-state index contributed by atoms with van der Waals surface area (Å²) in [7, 11) is 0. The van der Waals surface area contributed by atoms with Crippen molar-refractivity contribution in [2.24, 2.45) is 5.92 Å². The van der Waals surface area contributed by atoms with Crippen molar-refractivity contribution in [2.75, 3.05) is 6.61 Å². The quantitative estimate of drug-likeness (QED) is 0.509.